The Hall–Kier alpha value is -0.380. The van der Waals surface area contributed by atoms with E-state index in [4.69, 9.17) is 4.74 Å². The summed E-state index contributed by atoms with van der Waals surface area (Å²) in [4.78, 5) is 5.27. The van der Waals surface area contributed by atoms with Crippen LogP contribution in [0.25, 0.3) is 0 Å². The number of nitrogens with zero attached hydrogens (tertiary/aromatic N) is 2. The van der Waals surface area contributed by atoms with E-state index in [1.807, 2.05) is 6.08 Å². The van der Waals surface area contributed by atoms with E-state index in [1.54, 1.807) is 0 Å². The molecule has 0 amide bonds. The molecule has 0 aliphatic carbocycles. The molecule has 1 atom stereocenters. The minimum absolute atomic E-state index is 0.825. The van der Waals surface area contributed by atoms with Crippen molar-refractivity contribution in [1.29, 1.82) is 0 Å². The molecule has 0 aromatic heterocycles. The van der Waals surface area contributed by atoms with Gasteiger partial charge >= 0.3 is 0 Å². The lowest BCUT2D eigenvalue weighted by Gasteiger charge is -2.25. The van der Waals surface area contributed by atoms with Crippen LogP contribution in [0.4, 0.5) is 0 Å². The fraction of sp³-hybridized carbons (Fsp3) is 0.857. The Morgan fingerprint density at radius 3 is 2.94 bits per heavy atom. The van der Waals surface area contributed by atoms with Crippen LogP contribution in [0.3, 0.4) is 0 Å². The minimum atomic E-state index is 0.825. The molecule has 0 saturated carbocycles. The second-order valence-corrected chi connectivity index (χ2v) is 5.18. The summed E-state index contributed by atoms with van der Waals surface area (Å²) in [5.41, 5.74) is 0. The van der Waals surface area contributed by atoms with E-state index >= 15 is 0 Å². The summed E-state index contributed by atoms with van der Waals surface area (Å²) in [7, 11) is 0. The van der Waals surface area contributed by atoms with E-state index in [9.17, 15) is 0 Å². The van der Waals surface area contributed by atoms with Gasteiger partial charge in [-0.3, -0.25) is 9.80 Å². The third-order valence-corrected chi connectivity index (χ3v) is 3.91. The van der Waals surface area contributed by atoms with E-state index in [0.717, 1.165) is 32.2 Å². The van der Waals surface area contributed by atoms with Gasteiger partial charge in [0.15, 0.2) is 0 Å². The van der Waals surface area contributed by atoms with Crippen LogP contribution >= 0.6 is 0 Å². The normalized spacial score (nSPS) is 26.7. The highest BCUT2D eigenvalue weighted by molar-refractivity contribution is 4.84. The maximum atomic E-state index is 5.60. The molecule has 0 radical (unpaired) electrons. The summed E-state index contributed by atoms with van der Waals surface area (Å²) in [5.74, 6) is 0. The van der Waals surface area contributed by atoms with Crippen molar-refractivity contribution in [3.63, 3.8) is 0 Å². The predicted octanol–water partition coefficient (Wildman–Crippen LogP) is 1.75. The summed E-state index contributed by atoms with van der Waals surface area (Å²) >= 11 is 0. The lowest BCUT2D eigenvalue weighted by atomic mass is 10.2. The van der Waals surface area contributed by atoms with Crippen LogP contribution in [0.5, 0.6) is 0 Å². The number of hydrogen-bond acceptors (Lipinski definition) is 3. The fourth-order valence-electron chi connectivity index (χ4n) is 2.95. The van der Waals surface area contributed by atoms with Gasteiger partial charge in [-0.1, -0.05) is 6.08 Å². The standard InChI is InChI=1S/C14H26N2O/c1-2-3-11-17-12-10-15-7-5-9-16-8-4-6-14(16)13-15/h2,14H,1,3-13H2. The number of hydrogen-bond donors (Lipinski definition) is 0. The van der Waals surface area contributed by atoms with E-state index in [2.05, 4.69) is 16.4 Å². The highest BCUT2D eigenvalue weighted by atomic mass is 16.5. The van der Waals surface area contributed by atoms with Crippen molar-refractivity contribution in [2.24, 2.45) is 0 Å². The maximum Gasteiger partial charge on any atom is 0.0593 e. The quantitative estimate of drug-likeness (QED) is 0.518. The van der Waals surface area contributed by atoms with Crippen molar-refractivity contribution in [1.82, 2.24) is 9.80 Å². The number of fused-ring (bicyclic) bond motifs is 1. The molecule has 2 aliphatic heterocycles. The minimum Gasteiger partial charge on any atom is -0.380 e. The zero-order valence-electron chi connectivity index (χ0n) is 10.9. The first-order valence-corrected chi connectivity index (χ1v) is 7.05. The van der Waals surface area contributed by atoms with Gasteiger partial charge in [-0.25, -0.2) is 0 Å². The van der Waals surface area contributed by atoms with Crippen LogP contribution in [0.1, 0.15) is 25.7 Å². The Labute approximate surface area is 105 Å². The second-order valence-electron chi connectivity index (χ2n) is 5.18. The number of rotatable bonds is 6. The van der Waals surface area contributed by atoms with Crippen molar-refractivity contribution in [2.75, 3.05) is 45.9 Å². The molecule has 2 saturated heterocycles. The van der Waals surface area contributed by atoms with Gasteiger partial charge in [0.05, 0.1) is 13.2 Å². The van der Waals surface area contributed by atoms with Gasteiger partial charge < -0.3 is 4.74 Å². The Balaban J connectivity index is 1.64. The Bertz CT molecular complexity index is 232. The van der Waals surface area contributed by atoms with Gasteiger partial charge in [0, 0.05) is 19.1 Å². The third-order valence-electron chi connectivity index (χ3n) is 3.91. The molecule has 0 aromatic rings. The van der Waals surface area contributed by atoms with Gasteiger partial charge in [-0.05, 0) is 45.3 Å². The molecular formula is C14H26N2O. The van der Waals surface area contributed by atoms with Crippen LogP contribution < -0.4 is 0 Å². The zero-order valence-corrected chi connectivity index (χ0v) is 10.9. The highest BCUT2D eigenvalue weighted by Gasteiger charge is 2.28. The van der Waals surface area contributed by atoms with E-state index in [-0.39, 0.29) is 0 Å². The summed E-state index contributed by atoms with van der Waals surface area (Å²) in [6.07, 6.45) is 7.00. The van der Waals surface area contributed by atoms with Crippen molar-refractivity contribution in [3.8, 4) is 0 Å². The number of ether oxygens (including phenoxy) is 1. The maximum absolute atomic E-state index is 5.60. The molecule has 0 spiro atoms. The lowest BCUT2D eigenvalue weighted by Crippen LogP contribution is -2.37. The summed E-state index contributed by atoms with van der Waals surface area (Å²) in [6.45, 7) is 11.6. The van der Waals surface area contributed by atoms with Crippen LogP contribution in [0.15, 0.2) is 12.7 Å². The molecular weight excluding hydrogens is 212 g/mol. The van der Waals surface area contributed by atoms with Gasteiger partial charge in [-0.15, -0.1) is 6.58 Å². The van der Waals surface area contributed by atoms with E-state index < -0.39 is 0 Å². The first kappa shape index (κ1) is 13.1. The van der Waals surface area contributed by atoms with Crippen LogP contribution in [-0.4, -0.2) is 61.8 Å². The topological polar surface area (TPSA) is 15.7 Å². The molecule has 3 heteroatoms. The molecule has 17 heavy (non-hydrogen) atoms. The Morgan fingerprint density at radius 1 is 1.18 bits per heavy atom. The zero-order chi connectivity index (χ0) is 11.9. The predicted molar refractivity (Wildman–Crippen MR) is 71.3 cm³/mol. The second kappa shape index (κ2) is 7.14. The molecule has 98 valence electrons. The monoisotopic (exact) mass is 238 g/mol. The highest BCUT2D eigenvalue weighted by Crippen LogP contribution is 2.20. The Kier molecular flexibility index (Phi) is 5.49. The first-order valence-electron chi connectivity index (χ1n) is 7.05. The van der Waals surface area contributed by atoms with Crippen molar-refractivity contribution >= 4 is 0 Å². The van der Waals surface area contributed by atoms with Crippen LogP contribution in [0, 0.1) is 0 Å². The molecule has 1 unspecified atom stereocenters. The first-order chi connectivity index (χ1) is 8.40. The van der Waals surface area contributed by atoms with Gasteiger partial charge in [0.2, 0.25) is 0 Å². The van der Waals surface area contributed by atoms with Crippen molar-refractivity contribution < 1.29 is 4.74 Å². The van der Waals surface area contributed by atoms with Gasteiger partial charge in [-0.2, -0.15) is 0 Å². The third kappa shape index (κ3) is 4.09. The molecule has 2 fully saturated rings. The molecule has 0 aromatic carbocycles. The van der Waals surface area contributed by atoms with Gasteiger partial charge in [0.1, 0.15) is 0 Å². The summed E-state index contributed by atoms with van der Waals surface area (Å²) in [6, 6.07) is 0.825. The average Bonchev–Trinajstić information content (AvgIpc) is 2.68. The molecule has 0 N–H and O–H groups in total. The molecule has 2 heterocycles. The van der Waals surface area contributed by atoms with E-state index in [0.29, 0.717) is 0 Å². The Morgan fingerprint density at radius 2 is 2.06 bits per heavy atom. The molecule has 0 bridgehead atoms. The van der Waals surface area contributed by atoms with E-state index in [1.165, 1.54) is 45.4 Å². The van der Waals surface area contributed by atoms with Crippen LogP contribution in [0.2, 0.25) is 0 Å². The summed E-state index contributed by atoms with van der Waals surface area (Å²) in [5, 5.41) is 0. The molecule has 2 aliphatic rings. The molecule has 3 nitrogen and oxygen atoms in total. The van der Waals surface area contributed by atoms with Gasteiger partial charge in [0.25, 0.3) is 0 Å². The largest absolute Gasteiger partial charge is 0.380 e. The fourth-order valence-corrected chi connectivity index (χ4v) is 2.95. The van der Waals surface area contributed by atoms with Crippen LogP contribution in [-0.2, 0) is 4.74 Å². The SMILES string of the molecule is C=CCCOCCN1CCCN2CCCC2C1. The average molecular weight is 238 g/mol. The smallest absolute Gasteiger partial charge is 0.0593 e. The summed E-state index contributed by atoms with van der Waals surface area (Å²) < 4.78 is 5.60. The van der Waals surface area contributed by atoms with Crippen molar-refractivity contribution in [3.05, 3.63) is 12.7 Å². The lowest BCUT2D eigenvalue weighted by molar-refractivity contribution is 0.104. The molecule has 2 rings (SSSR count). The van der Waals surface area contributed by atoms with Crippen molar-refractivity contribution in [2.45, 2.75) is 31.7 Å².